The lowest BCUT2D eigenvalue weighted by atomic mass is 10.0. The van der Waals surface area contributed by atoms with E-state index in [9.17, 15) is 4.79 Å². The number of benzene rings is 1. The molecule has 1 N–H and O–H groups in total. The first kappa shape index (κ1) is 20.0. The number of carbonyl (C=O) groups is 1. The number of hydrogen-bond donors (Lipinski definition) is 1. The molecule has 0 fully saturated rings. The Morgan fingerprint density at radius 1 is 1.13 bits per heavy atom. The molecule has 0 bridgehead atoms. The number of fused-ring (bicyclic) bond motifs is 1. The number of ether oxygens (including phenoxy) is 2. The highest BCUT2D eigenvalue weighted by atomic mass is 32.1. The second-order valence-electron chi connectivity index (χ2n) is 6.77. The summed E-state index contributed by atoms with van der Waals surface area (Å²) in [6.45, 7) is 2.42. The lowest BCUT2D eigenvalue weighted by Crippen LogP contribution is -2.26. The molecule has 0 saturated heterocycles. The van der Waals surface area contributed by atoms with E-state index in [1.165, 1.54) is 4.88 Å². The summed E-state index contributed by atoms with van der Waals surface area (Å²) in [5.74, 6) is 2.31. The van der Waals surface area contributed by atoms with E-state index in [1.807, 2.05) is 30.5 Å². The molecule has 0 unspecified atom stereocenters. The Hall–Kier alpha value is -3.32. The fraction of sp³-hybridized carbons (Fsp3) is 0.217. The number of aryl methyl sites for hydroxylation is 1. The van der Waals surface area contributed by atoms with Gasteiger partial charge in [0, 0.05) is 22.9 Å². The molecule has 3 aromatic heterocycles. The second kappa shape index (κ2) is 8.59. The third-order valence-electron chi connectivity index (χ3n) is 4.79. The summed E-state index contributed by atoms with van der Waals surface area (Å²) in [5.41, 5.74) is 1.73. The van der Waals surface area contributed by atoms with E-state index in [0.29, 0.717) is 46.0 Å². The van der Waals surface area contributed by atoms with Crippen LogP contribution in [0, 0.1) is 6.92 Å². The molecular formula is C23H22N2O4S. The molecule has 0 saturated carbocycles. The monoisotopic (exact) mass is 422 g/mol. The van der Waals surface area contributed by atoms with Crippen molar-refractivity contribution in [1.29, 1.82) is 0 Å². The van der Waals surface area contributed by atoms with Gasteiger partial charge in [0.15, 0.2) is 17.3 Å². The molecule has 3 heterocycles. The van der Waals surface area contributed by atoms with Crippen molar-refractivity contribution < 1.29 is 18.7 Å². The number of furan rings is 1. The zero-order chi connectivity index (χ0) is 21.1. The van der Waals surface area contributed by atoms with E-state index in [2.05, 4.69) is 11.4 Å². The smallest absolute Gasteiger partial charge is 0.252 e. The molecule has 154 valence electrons. The Balaban J connectivity index is 1.75. The summed E-state index contributed by atoms with van der Waals surface area (Å²) >= 11 is 1.68. The number of thiophene rings is 1. The molecule has 0 atom stereocenters. The van der Waals surface area contributed by atoms with Crippen LogP contribution in [0.1, 0.15) is 21.0 Å². The van der Waals surface area contributed by atoms with Gasteiger partial charge < -0.3 is 19.2 Å². The molecule has 1 aromatic carbocycles. The van der Waals surface area contributed by atoms with Crippen LogP contribution in [0.15, 0.2) is 52.3 Å². The van der Waals surface area contributed by atoms with E-state index in [0.717, 1.165) is 12.2 Å². The highest BCUT2D eigenvalue weighted by molar-refractivity contribution is 7.09. The minimum atomic E-state index is -0.171. The SMILES string of the molecule is COc1cc2nc(-c3ccc(C)o3)cc(C(=O)NCCc3cccs3)c2cc1OC. The quantitative estimate of drug-likeness (QED) is 0.461. The van der Waals surface area contributed by atoms with Crippen LogP contribution in [0.25, 0.3) is 22.4 Å². The number of pyridine rings is 1. The van der Waals surface area contributed by atoms with Gasteiger partial charge in [-0.15, -0.1) is 11.3 Å². The average molecular weight is 423 g/mol. The number of nitrogens with one attached hydrogen (secondary N) is 1. The third-order valence-corrected chi connectivity index (χ3v) is 5.72. The molecule has 6 nitrogen and oxygen atoms in total. The van der Waals surface area contributed by atoms with Gasteiger partial charge in [-0.1, -0.05) is 6.07 Å². The molecule has 7 heteroatoms. The second-order valence-corrected chi connectivity index (χ2v) is 7.81. The lowest BCUT2D eigenvalue weighted by Gasteiger charge is -2.13. The first-order valence-electron chi connectivity index (χ1n) is 9.53. The van der Waals surface area contributed by atoms with Crippen LogP contribution < -0.4 is 14.8 Å². The van der Waals surface area contributed by atoms with Crippen molar-refractivity contribution in [2.24, 2.45) is 0 Å². The van der Waals surface area contributed by atoms with Gasteiger partial charge in [-0.3, -0.25) is 4.79 Å². The number of rotatable bonds is 7. The maximum absolute atomic E-state index is 13.1. The molecule has 1 amide bonds. The topological polar surface area (TPSA) is 73.6 Å². The molecular weight excluding hydrogens is 400 g/mol. The van der Waals surface area contributed by atoms with Crippen molar-refractivity contribution in [3.63, 3.8) is 0 Å². The lowest BCUT2D eigenvalue weighted by molar-refractivity contribution is 0.0956. The number of aromatic nitrogens is 1. The van der Waals surface area contributed by atoms with Gasteiger partial charge in [0.2, 0.25) is 0 Å². The summed E-state index contributed by atoms with van der Waals surface area (Å²) in [7, 11) is 3.14. The van der Waals surface area contributed by atoms with Gasteiger partial charge in [0.25, 0.3) is 5.91 Å². The zero-order valence-electron chi connectivity index (χ0n) is 17.0. The number of nitrogens with zero attached hydrogens (tertiary/aromatic N) is 1. The van der Waals surface area contributed by atoms with Crippen molar-refractivity contribution in [1.82, 2.24) is 10.3 Å². The third kappa shape index (κ3) is 4.02. The van der Waals surface area contributed by atoms with Crippen LogP contribution >= 0.6 is 11.3 Å². The van der Waals surface area contributed by atoms with Crippen LogP contribution in [-0.2, 0) is 6.42 Å². The van der Waals surface area contributed by atoms with Crippen LogP contribution in [0.5, 0.6) is 11.5 Å². The van der Waals surface area contributed by atoms with Gasteiger partial charge in [-0.25, -0.2) is 4.98 Å². The van der Waals surface area contributed by atoms with E-state index in [-0.39, 0.29) is 5.91 Å². The molecule has 4 rings (SSSR count). The number of carbonyl (C=O) groups excluding carboxylic acids is 1. The molecule has 30 heavy (non-hydrogen) atoms. The maximum atomic E-state index is 13.1. The molecule has 4 aromatic rings. The van der Waals surface area contributed by atoms with Crippen LogP contribution in [0.4, 0.5) is 0 Å². The van der Waals surface area contributed by atoms with Gasteiger partial charge >= 0.3 is 0 Å². The summed E-state index contributed by atoms with van der Waals surface area (Å²) < 4.78 is 16.6. The summed E-state index contributed by atoms with van der Waals surface area (Å²) in [6, 6.07) is 13.1. The minimum absolute atomic E-state index is 0.171. The standard InChI is InChI=1S/C23H22N2O4S/c1-14-6-7-20(29-14)19-11-17(23(26)24-9-8-15-5-4-10-30-15)16-12-21(27-2)22(28-3)13-18(16)25-19/h4-7,10-13H,8-9H2,1-3H3,(H,24,26). The van der Waals surface area contributed by atoms with Gasteiger partial charge in [-0.05, 0) is 49.1 Å². The molecule has 0 aliphatic carbocycles. The largest absolute Gasteiger partial charge is 0.493 e. The molecule has 0 spiro atoms. The minimum Gasteiger partial charge on any atom is -0.493 e. The van der Waals surface area contributed by atoms with Crippen molar-refractivity contribution in [2.45, 2.75) is 13.3 Å². The van der Waals surface area contributed by atoms with Gasteiger partial charge in [0.1, 0.15) is 11.5 Å². The number of hydrogen-bond acceptors (Lipinski definition) is 6. The Kier molecular flexibility index (Phi) is 5.72. The normalized spacial score (nSPS) is 10.9. The molecule has 0 radical (unpaired) electrons. The molecule has 0 aliphatic rings. The Morgan fingerprint density at radius 3 is 2.60 bits per heavy atom. The summed E-state index contributed by atoms with van der Waals surface area (Å²) in [6.07, 6.45) is 0.786. The first-order chi connectivity index (χ1) is 14.6. The predicted octanol–water partition coefficient (Wildman–Crippen LogP) is 4.85. The summed E-state index contributed by atoms with van der Waals surface area (Å²) in [4.78, 5) is 19.0. The predicted molar refractivity (Wildman–Crippen MR) is 118 cm³/mol. The Labute approximate surface area is 178 Å². The van der Waals surface area contributed by atoms with Gasteiger partial charge in [0.05, 0.1) is 25.3 Å². The highest BCUT2D eigenvalue weighted by Crippen LogP contribution is 2.35. The van der Waals surface area contributed by atoms with E-state index >= 15 is 0 Å². The van der Waals surface area contributed by atoms with Crippen molar-refractivity contribution in [2.75, 3.05) is 20.8 Å². The Bertz CT molecular complexity index is 1180. The van der Waals surface area contributed by atoms with E-state index in [4.69, 9.17) is 18.9 Å². The fourth-order valence-corrected chi connectivity index (χ4v) is 4.00. The maximum Gasteiger partial charge on any atom is 0.252 e. The van der Waals surface area contributed by atoms with Crippen molar-refractivity contribution in [3.05, 3.63) is 64.0 Å². The van der Waals surface area contributed by atoms with Crippen LogP contribution in [0.2, 0.25) is 0 Å². The van der Waals surface area contributed by atoms with E-state index in [1.54, 1.807) is 43.8 Å². The van der Waals surface area contributed by atoms with E-state index < -0.39 is 0 Å². The number of amides is 1. The van der Waals surface area contributed by atoms with Crippen molar-refractivity contribution >= 4 is 28.1 Å². The highest BCUT2D eigenvalue weighted by Gasteiger charge is 2.18. The van der Waals surface area contributed by atoms with Crippen molar-refractivity contribution in [3.8, 4) is 23.0 Å². The first-order valence-corrected chi connectivity index (χ1v) is 10.4. The fourth-order valence-electron chi connectivity index (χ4n) is 3.29. The Morgan fingerprint density at radius 2 is 1.93 bits per heavy atom. The van der Waals surface area contributed by atoms with Gasteiger partial charge in [-0.2, -0.15) is 0 Å². The molecule has 0 aliphatic heterocycles. The van der Waals surface area contributed by atoms with Crippen LogP contribution in [0.3, 0.4) is 0 Å². The van der Waals surface area contributed by atoms with Crippen LogP contribution in [-0.4, -0.2) is 31.7 Å². The summed E-state index contributed by atoms with van der Waals surface area (Å²) in [5, 5.41) is 5.74. The average Bonchev–Trinajstić information content (AvgIpc) is 3.43. The number of methoxy groups -OCH3 is 2. The zero-order valence-corrected chi connectivity index (χ0v) is 17.8.